The number of piperazine rings is 1. The molecule has 1 aliphatic heterocycles. The van der Waals surface area contributed by atoms with Gasteiger partial charge in [0.2, 0.25) is 5.95 Å². The van der Waals surface area contributed by atoms with Gasteiger partial charge in [-0.1, -0.05) is 0 Å². The number of rotatable bonds is 3. The highest BCUT2D eigenvalue weighted by molar-refractivity contribution is 5.53. The van der Waals surface area contributed by atoms with E-state index in [0.29, 0.717) is 11.8 Å². The van der Waals surface area contributed by atoms with Crippen LogP contribution in [-0.2, 0) is 0 Å². The standard InChI is InChI=1S/C13H15FN6/c14-10-7-17-13(18-8-10)19-12-2-1-11(9-16-12)20-5-3-15-4-6-20/h1-2,7-9,15H,3-6H2,(H,16,17,18,19). The van der Waals surface area contributed by atoms with Crippen LogP contribution in [0.15, 0.2) is 30.7 Å². The van der Waals surface area contributed by atoms with Gasteiger partial charge in [-0.2, -0.15) is 0 Å². The van der Waals surface area contributed by atoms with E-state index in [0.717, 1.165) is 44.3 Å². The van der Waals surface area contributed by atoms with Crippen LogP contribution in [0.2, 0.25) is 0 Å². The van der Waals surface area contributed by atoms with E-state index in [1.807, 2.05) is 18.3 Å². The van der Waals surface area contributed by atoms with Crippen molar-refractivity contribution in [1.82, 2.24) is 20.3 Å². The van der Waals surface area contributed by atoms with Crippen LogP contribution >= 0.6 is 0 Å². The Bertz CT molecular complexity index is 550. The Morgan fingerprint density at radius 2 is 1.80 bits per heavy atom. The second kappa shape index (κ2) is 5.79. The molecule has 1 fully saturated rings. The zero-order valence-corrected chi connectivity index (χ0v) is 10.9. The SMILES string of the molecule is Fc1cnc(Nc2ccc(N3CCNCC3)cn2)nc1. The molecule has 6 nitrogen and oxygen atoms in total. The number of hydrogen-bond acceptors (Lipinski definition) is 6. The Hall–Kier alpha value is -2.28. The maximum absolute atomic E-state index is 12.7. The summed E-state index contributed by atoms with van der Waals surface area (Å²) >= 11 is 0. The highest BCUT2D eigenvalue weighted by atomic mass is 19.1. The molecule has 0 aliphatic carbocycles. The van der Waals surface area contributed by atoms with E-state index in [1.165, 1.54) is 0 Å². The summed E-state index contributed by atoms with van der Waals surface area (Å²) in [6.45, 7) is 3.94. The lowest BCUT2D eigenvalue weighted by Crippen LogP contribution is -2.43. The van der Waals surface area contributed by atoms with Gasteiger partial charge < -0.3 is 15.5 Å². The van der Waals surface area contributed by atoms with Gasteiger partial charge in [0.1, 0.15) is 5.82 Å². The molecule has 0 atom stereocenters. The van der Waals surface area contributed by atoms with Crippen LogP contribution < -0.4 is 15.5 Å². The minimum absolute atomic E-state index is 0.328. The molecular weight excluding hydrogens is 259 g/mol. The highest BCUT2D eigenvalue weighted by Gasteiger charge is 2.10. The molecule has 0 saturated carbocycles. The van der Waals surface area contributed by atoms with Crippen molar-refractivity contribution in [3.05, 3.63) is 36.5 Å². The molecule has 0 radical (unpaired) electrons. The number of aromatic nitrogens is 3. The second-order valence-corrected chi connectivity index (χ2v) is 4.49. The Balaban J connectivity index is 1.67. The molecule has 0 spiro atoms. The van der Waals surface area contributed by atoms with Gasteiger partial charge in [0.25, 0.3) is 0 Å². The molecule has 104 valence electrons. The summed E-state index contributed by atoms with van der Waals surface area (Å²) < 4.78 is 12.7. The van der Waals surface area contributed by atoms with Crippen LogP contribution in [0.5, 0.6) is 0 Å². The third-order valence-electron chi connectivity index (χ3n) is 3.09. The first-order valence-corrected chi connectivity index (χ1v) is 6.47. The first-order valence-electron chi connectivity index (χ1n) is 6.47. The first-order chi connectivity index (χ1) is 9.81. The van der Waals surface area contributed by atoms with Gasteiger partial charge in [0, 0.05) is 26.2 Å². The smallest absolute Gasteiger partial charge is 0.228 e. The number of anilines is 3. The summed E-state index contributed by atoms with van der Waals surface area (Å²) in [6, 6.07) is 3.87. The van der Waals surface area contributed by atoms with E-state index in [1.54, 1.807) is 0 Å². The van der Waals surface area contributed by atoms with Crippen molar-refractivity contribution in [2.24, 2.45) is 0 Å². The van der Waals surface area contributed by atoms with Gasteiger partial charge in [0.05, 0.1) is 24.3 Å². The van der Waals surface area contributed by atoms with Crippen molar-refractivity contribution in [2.75, 3.05) is 36.4 Å². The summed E-state index contributed by atoms with van der Waals surface area (Å²) in [4.78, 5) is 14.3. The van der Waals surface area contributed by atoms with Crippen molar-refractivity contribution < 1.29 is 4.39 Å². The average Bonchev–Trinajstić information content (AvgIpc) is 2.51. The predicted molar refractivity (Wildman–Crippen MR) is 74.6 cm³/mol. The van der Waals surface area contributed by atoms with Crippen molar-refractivity contribution in [2.45, 2.75) is 0 Å². The molecular formula is C13H15FN6. The largest absolute Gasteiger partial charge is 0.368 e. The fourth-order valence-electron chi connectivity index (χ4n) is 2.06. The highest BCUT2D eigenvalue weighted by Crippen LogP contribution is 2.17. The molecule has 0 unspecified atom stereocenters. The van der Waals surface area contributed by atoms with Crippen LogP contribution in [0.25, 0.3) is 0 Å². The number of nitrogens with one attached hydrogen (secondary N) is 2. The maximum Gasteiger partial charge on any atom is 0.228 e. The molecule has 2 aromatic heterocycles. The van der Waals surface area contributed by atoms with Crippen LogP contribution in [-0.4, -0.2) is 41.1 Å². The van der Waals surface area contributed by atoms with Gasteiger partial charge >= 0.3 is 0 Å². The molecule has 0 bridgehead atoms. The van der Waals surface area contributed by atoms with E-state index >= 15 is 0 Å². The van der Waals surface area contributed by atoms with Crippen LogP contribution in [0.4, 0.5) is 21.8 Å². The topological polar surface area (TPSA) is 66.0 Å². The van der Waals surface area contributed by atoms with E-state index in [2.05, 4.69) is 30.5 Å². The van der Waals surface area contributed by atoms with Crippen molar-refractivity contribution in [1.29, 1.82) is 0 Å². The molecule has 1 aliphatic rings. The molecule has 0 aromatic carbocycles. The summed E-state index contributed by atoms with van der Waals surface area (Å²) in [7, 11) is 0. The normalized spacial score (nSPS) is 15.2. The van der Waals surface area contributed by atoms with E-state index in [4.69, 9.17) is 0 Å². The fourth-order valence-corrected chi connectivity index (χ4v) is 2.06. The molecule has 20 heavy (non-hydrogen) atoms. The fraction of sp³-hybridized carbons (Fsp3) is 0.308. The van der Waals surface area contributed by atoms with E-state index < -0.39 is 5.82 Å². The maximum atomic E-state index is 12.7. The number of hydrogen-bond donors (Lipinski definition) is 2. The average molecular weight is 274 g/mol. The molecule has 3 heterocycles. The van der Waals surface area contributed by atoms with Gasteiger partial charge in [-0.15, -0.1) is 0 Å². The molecule has 2 N–H and O–H groups in total. The lowest BCUT2D eigenvalue weighted by molar-refractivity contribution is 0.589. The van der Waals surface area contributed by atoms with E-state index in [9.17, 15) is 4.39 Å². The Kier molecular flexibility index (Phi) is 3.69. The lowest BCUT2D eigenvalue weighted by atomic mass is 10.3. The minimum Gasteiger partial charge on any atom is -0.368 e. The van der Waals surface area contributed by atoms with Crippen LogP contribution in [0.1, 0.15) is 0 Å². The Labute approximate surface area is 116 Å². The molecule has 1 saturated heterocycles. The summed E-state index contributed by atoms with van der Waals surface area (Å²) in [5.74, 6) is 0.502. The zero-order valence-electron chi connectivity index (χ0n) is 10.9. The Morgan fingerprint density at radius 3 is 2.45 bits per heavy atom. The van der Waals surface area contributed by atoms with Gasteiger partial charge in [0.15, 0.2) is 5.82 Å². The van der Waals surface area contributed by atoms with Crippen molar-refractivity contribution >= 4 is 17.5 Å². The zero-order chi connectivity index (χ0) is 13.8. The summed E-state index contributed by atoms with van der Waals surface area (Å²) in [5.41, 5.74) is 1.09. The van der Waals surface area contributed by atoms with E-state index in [-0.39, 0.29) is 0 Å². The number of nitrogens with zero attached hydrogens (tertiary/aromatic N) is 4. The minimum atomic E-state index is -0.461. The van der Waals surface area contributed by atoms with Gasteiger partial charge in [-0.25, -0.2) is 19.3 Å². The van der Waals surface area contributed by atoms with Gasteiger partial charge in [-0.05, 0) is 12.1 Å². The number of halogens is 1. The Morgan fingerprint density at radius 1 is 1.05 bits per heavy atom. The molecule has 3 rings (SSSR count). The molecule has 7 heteroatoms. The summed E-state index contributed by atoms with van der Waals surface area (Å²) in [6.07, 6.45) is 4.05. The van der Waals surface area contributed by atoms with Crippen LogP contribution in [0.3, 0.4) is 0 Å². The van der Waals surface area contributed by atoms with Crippen molar-refractivity contribution in [3.8, 4) is 0 Å². The second-order valence-electron chi connectivity index (χ2n) is 4.49. The quantitative estimate of drug-likeness (QED) is 0.875. The molecule has 0 amide bonds. The van der Waals surface area contributed by atoms with Crippen molar-refractivity contribution in [3.63, 3.8) is 0 Å². The number of pyridine rings is 1. The predicted octanol–water partition coefficient (Wildman–Crippen LogP) is 1.16. The van der Waals surface area contributed by atoms with Crippen LogP contribution in [0, 0.1) is 5.82 Å². The summed E-state index contributed by atoms with van der Waals surface area (Å²) in [5, 5.41) is 6.24. The van der Waals surface area contributed by atoms with Gasteiger partial charge in [-0.3, -0.25) is 0 Å². The monoisotopic (exact) mass is 274 g/mol. The third-order valence-corrected chi connectivity index (χ3v) is 3.09. The third kappa shape index (κ3) is 3.00. The first kappa shape index (κ1) is 12.7. The molecule has 2 aromatic rings. The lowest BCUT2D eigenvalue weighted by Gasteiger charge is -2.29.